The molecule has 1 aromatic rings. The number of carbonyl (C=O) groups is 1. The van der Waals surface area contributed by atoms with Crippen molar-refractivity contribution in [3.05, 3.63) is 35.4 Å². The van der Waals surface area contributed by atoms with Crippen LogP contribution < -0.4 is 5.73 Å². The van der Waals surface area contributed by atoms with Gasteiger partial charge in [0.1, 0.15) is 0 Å². The Bertz CT molecular complexity index is 516. The molecule has 2 fully saturated rings. The summed E-state index contributed by atoms with van der Waals surface area (Å²) in [5.41, 5.74) is 8.63. The molecule has 21 heavy (non-hydrogen) atoms. The van der Waals surface area contributed by atoms with Gasteiger partial charge in [-0.2, -0.15) is 0 Å². The van der Waals surface area contributed by atoms with Crippen LogP contribution in [0.3, 0.4) is 0 Å². The maximum absolute atomic E-state index is 12.8. The Labute approximate surface area is 127 Å². The van der Waals surface area contributed by atoms with Gasteiger partial charge in [0.05, 0.1) is 6.04 Å². The van der Waals surface area contributed by atoms with Gasteiger partial charge < -0.3 is 10.6 Å². The number of amides is 1. The summed E-state index contributed by atoms with van der Waals surface area (Å²) in [5, 5.41) is 0. The van der Waals surface area contributed by atoms with Crippen molar-refractivity contribution in [2.45, 2.75) is 51.5 Å². The molecule has 3 rings (SSSR count). The van der Waals surface area contributed by atoms with Gasteiger partial charge in [-0.05, 0) is 55.7 Å². The average molecular weight is 286 g/mol. The first kappa shape index (κ1) is 14.6. The average Bonchev–Trinajstić information content (AvgIpc) is 2.92. The molecule has 2 aliphatic rings. The normalized spacial score (nSPS) is 23.9. The lowest BCUT2D eigenvalue weighted by Gasteiger charge is -2.42. The highest BCUT2D eigenvalue weighted by molar-refractivity contribution is 5.78. The van der Waals surface area contributed by atoms with Crippen LogP contribution in [0.5, 0.6) is 0 Å². The second kappa shape index (κ2) is 5.80. The molecular formula is C18H26N2O. The Morgan fingerprint density at radius 2 is 2.10 bits per heavy atom. The van der Waals surface area contributed by atoms with Crippen LogP contribution in [0.2, 0.25) is 0 Å². The molecule has 1 aliphatic carbocycles. The van der Waals surface area contributed by atoms with Crippen molar-refractivity contribution < 1.29 is 4.79 Å². The Balaban J connectivity index is 1.75. The number of nitrogens with zero attached hydrogens (tertiary/aromatic N) is 1. The van der Waals surface area contributed by atoms with E-state index in [4.69, 9.17) is 5.73 Å². The zero-order chi connectivity index (χ0) is 14.9. The minimum Gasteiger partial charge on any atom is -0.336 e. The van der Waals surface area contributed by atoms with Gasteiger partial charge in [-0.25, -0.2) is 0 Å². The first-order valence-corrected chi connectivity index (χ1v) is 8.20. The van der Waals surface area contributed by atoms with Gasteiger partial charge >= 0.3 is 0 Å². The lowest BCUT2D eigenvalue weighted by Crippen LogP contribution is -2.43. The van der Waals surface area contributed by atoms with Crippen LogP contribution in [0, 0.1) is 12.3 Å². The summed E-state index contributed by atoms with van der Waals surface area (Å²) in [6.07, 6.45) is 6.32. The van der Waals surface area contributed by atoms with Crippen LogP contribution >= 0.6 is 0 Å². The fourth-order valence-electron chi connectivity index (χ4n) is 3.90. The molecule has 1 unspecified atom stereocenters. The van der Waals surface area contributed by atoms with Crippen LogP contribution in [-0.2, 0) is 4.79 Å². The maximum Gasteiger partial charge on any atom is 0.223 e. The molecule has 0 radical (unpaired) electrons. The summed E-state index contributed by atoms with van der Waals surface area (Å²) in [6, 6.07) is 8.74. The van der Waals surface area contributed by atoms with E-state index in [0.29, 0.717) is 18.9 Å². The molecule has 1 heterocycles. The second-order valence-corrected chi connectivity index (χ2v) is 6.84. The van der Waals surface area contributed by atoms with E-state index in [1.54, 1.807) is 0 Å². The third kappa shape index (κ3) is 2.71. The van der Waals surface area contributed by atoms with Crippen molar-refractivity contribution in [1.82, 2.24) is 4.90 Å². The lowest BCUT2D eigenvalue weighted by molar-refractivity contribution is -0.136. The second-order valence-electron chi connectivity index (χ2n) is 6.84. The standard InChI is InChI=1S/C18H26N2O/c1-14-6-2-3-7-15(14)16-8-4-11-20(16)17(21)12-18(13-19)9-5-10-18/h2-3,6-7,16H,4-5,8-13,19H2,1H3. The number of aryl methyl sites for hydroxylation is 1. The summed E-state index contributed by atoms with van der Waals surface area (Å²) in [5.74, 6) is 0.311. The van der Waals surface area contributed by atoms with Crippen LogP contribution in [-0.4, -0.2) is 23.9 Å². The highest BCUT2D eigenvalue weighted by atomic mass is 16.2. The predicted octanol–water partition coefficient (Wildman–Crippen LogP) is 3.18. The molecular weight excluding hydrogens is 260 g/mol. The minimum absolute atomic E-state index is 0.107. The van der Waals surface area contributed by atoms with Gasteiger partial charge in [-0.1, -0.05) is 30.7 Å². The predicted molar refractivity (Wildman–Crippen MR) is 84.8 cm³/mol. The quantitative estimate of drug-likeness (QED) is 0.924. The fraction of sp³-hybridized carbons (Fsp3) is 0.611. The van der Waals surface area contributed by atoms with Gasteiger partial charge in [-0.3, -0.25) is 4.79 Å². The molecule has 1 amide bonds. The lowest BCUT2D eigenvalue weighted by atomic mass is 9.66. The Morgan fingerprint density at radius 1 is 1.33 bits per heavy atom. The highest BCUT2D eigenvalue weighted by Gasteiger charge is 2.40. The molecule has 1 aliphatic heterocycles. The van der Waals surface area contributed by atoms with E-state index in [1.807, 2.05) is 0 Å². The SMILES string of the molecule is Cc1ccccc1C1CCCN1C(=O)CC1(CN)CCC1. The largest absolute Gasteiger partial charge is 0.336 e. The number of rotatable bonds is 4. The fourth-order valence-corrected chi connectivity index (χ4v) is 3.90. The molecule has 1 saturated carbocycles. The molecule has 3 nitrogen and oxygen atoms in total. The monoisotopic (exact) mass is 286 g/mol. The highest BCUT2D eigenvalue weighted by Crippen LogP contribution is 2.44. The van der Waals surface area contributed by atoms with Gasteiger partial charge in [0, 0.05) is 13.0 Å². The Morgan fingerprint density at radius 3 is 2.71 bits per heavy atom. The summed E-state index contributed by atoms with van der Waals surface area (Å²) < 4.78 is 0. The molecule has 1 aromatic carbocycles. The van der Waals surface area contributed by atoms with E-state index >= 15 is 0 Å². The zero-order valence-electron chi connectivity index (χ0n) is 13.0. The van der Waals surface area contributed by atoms with Crippen molar-refractivity contribution in [2.24, 2.45) is 11.1 Å². The van der Waals surface area contributed by atoms with Gasteiger partial charge in [0.2, 0.25) is 5.91 Å². The summed E-state index contributed by atoms with van der Waals surface area (Å²) in [6.45, 7) is 3.70. The Hall–Kier alpha value is -1.35. The van der Waals surface area contributed by atoms with Gasteiger partial charge in [-0.15, -0.1) is 0 Å². The topological polar surface area (TPSA) is 46.3 Å². The minimum atomic E-state index is 0.107. The van der Waals surface area contributed by atoms with Crippen LogP contribution in [0.1, 0.15) is 55.7 Å². The van der Waals surface area contributed by atoms with E-state index in [-0.39, 0.29) is 11.5 Å². The molecule has 0 aromatic heterocycles. The molecule has 0 spiro atoms. The van der Waals surface area contributed by atoms with Crippen molar-refractivity contribution in [1.29, 1.82) is 0 Å². The number of benzene rings is 1. The summed E-state index contributed by atoms with van der Waals surface area (Å²) >= 11 is 0. The number of likely N-dealkylation sites (tertiary alicyclic amines) is 1. The van der Waals surface area contributed by atoms with E-state index in [0.717, 1.165) is 32.2 Å². The van der Waals surface area contributed by atoms with Crippen molar-refractivity contribution >= 4 is 5.91 Å². The molecule has 2 N–H and O–H groups in total. The summed E-state index contributed by atoms with van der Waals surface area (Å²) in [7, 11) is 0. The van der Waals surface area contributed by atoms with Crippen molar-refractivity contribution in [3.8, 4) is 0 Å². The van der Waals surface area contributed by atoms with E-state index in [1.165, 1.54) is 17.5 Å². The number of carbonyl (C=O) groups excluding carboxylic acids is 1. The van der Waals surface area contributed by atoms with Crippen LogP contribution in [0.15, 0.2) is 24.3 Å². The molecule has 1 saturated heterocycles. The van der Waals surface area contributed by atoms with Crippen LogP contribution in [0.4, 0.5) is 0 Å². The number of hydrogen-bond acceptors (Lipinski definition) is 2. The third-order valence-electron chi connectivity index (χ3n) is 5.49. The van der Waals surface area contributed by atoms with E-state index < -0.39 is 0 Å². The Kier molecular flexibility index (Phi) is 4.03. The van der Waals surface area contributed by atoms with Crippen molar-refractivity contribution in [2.75, 3.05) is 13.1 Å². The first-order valence-electron chi connectivity index (χ1n) is 8.20. The van der Waals surface area contributed by atoms with E-state index in [9.17, 15) is 4.79 Å². The number of hydrogen-bond donors (Lipinski definition) is 1. The zero-order valence-corrected chi connectivity index (χ0v) is 13.0. The summed E-state index contributed by atoms with van der Waals surface area (Å²) in [4.78, 5) is 14.9. The van der Waals surface area contributed by atoms with Crippen molar-refractivity contribution in [3.63, 3.8) is 0 Å². The molecule has 1 atom stereocenters. The van der Waals surface area contributed by atoms with Gasteiger partial charge in [0.25, 0.3) is 0 Å². The van der Waals surface area contributed by atoms with Gasteiger partial charge in [0.15, 0.2) is 0 Å². The van der Waals surface area contributed by atoms with E-state index in [2.05, 4.69) is 36.1 Å². The first-order chi connectivity index (χ1) is 10.2. The molecule has 114 valence electrons. The maximum atomic E-state index is 12.8. The third-order valence-corrected chi connectivity index (χ3v) is 5.49. The number of nitrogens with two attached hydrogens (primary N) is 1. The molecule has 0 bridgehead atoms. The van der Waals surface area contributed by atoms with Crippen LogP contribution in [0.25, 0.3) is 0 Å². The smallest absolute Gasteiger partial charge is 0.223 e. The molecule has 3 heteroatoms.